The second-order valence-electron chi connectivity index (χ2n) is 6.07. The van der Waals surface area contributed by atoms with E-state index in [0.29, 0.717) is 25.7 Å². The second-order valence-corrected chi connectivity index (χ2v) is 6.07. The second kappa shape index (κ2) is 6.98. The number of aromatic hydroxyl groups is 1. The van der Waals surface area contributed by atoms with Gasteiger partial charge in [-0.3, -0.25) is 9.69 Å². The molecule has 23 heavy (non-hydrogen) atoms. The van der Waals surface area contributed by atoms with Crippen molar-refractivity contribution in [2.24, 2.45) is 0 Å². The van der Waals surface area contributed by atoms with Crippen LogP contribution in [0.3, 0.4) is 0 Å². The molecule has 0 radical (unpaired) electrons. The molecule has 2 aromatic rings. The van der Waals surface area contributed by atoms with Crippen molar-refractivity contribution in [3.8, 4) is 5.75 Å². The van der Waals surface area contributed by atoms with Crippen molar-refractivity contribution in [3.05, 3.63) is 64.1 Å². The van der Waals surface area contributed by atoms with E-state index in [1.807, 2.05) is 22.8 Å². The largest absolute Gasteiger partial charge is 0.503 e. The van der Waals surface area contributed by atoms with Gasteiger partial charge in [0.1, 0.15) is 0 Å². The molecule has 0 spiro atoms. The minimum atomic E-state index is -0.347. The van der Waals surface area contributed by atoms with Gasteiger partial charge in [0.15, 0.2) is 5.75 Å². The Balaban J connectivity index is 1.82. The molecular formula is C18H22N2O3. The van der Waals surface area contributed by atoms with E-state index in [1.165, 1.54) is 11.6 Å². The lowest BCUT2D eigenvalue weighted by Gasteiger charge is -2.24. The van der Waals surface area contributed by atoms with E-state index in [2.05, 4.69) is 17.0 Å². The Morgan fingerprint density at radius 3 is 2.57 bits per heavy atom. The van der Waals surface area contributed by atoms with Gasteiger partial charge in [0.2, 0.25) is 5.43 Å². The molecule has 3 rings (SSSR count). The maximum absolute atomic E-state index is 11.8. The number of rotatable bonds is 7. The zero-order chi connectivity index (χ0) is 16.2. The fraction of sp³-hybridized carbons (Fsp3) is 0.389. The topological polar surface area (TPSA) is 65.7 Å². The summed E-state index contributed by atoms with van der Waals surface area (Å²) in [6, 6.07) is 12.0. The van der Waals surface area contributed by atoms with Crippen LogP contribution in [0.15, 0.2) is 47.4 Å². The smallest absolute Gasteiger partial charge is 0.223 e. The lowest BCUT2D eigenvalue weighted by atomic mass is 10.2. The highest BCUT2D eigenvalue weighted by molar-refractivity contribution is 5.22. The molecule has 5 heteroatoms. The summed E-state index contributed by atoms with van der Waals surface area (Å²) in [4.78, 5) is 13.9. The van der Waals surface area contributed by atoms with Gasteiger partial charge < -0.3 is 14.8 Å². The molecule has 0 aliphatic heterocycles. The van der Waals surface area contributed by atoms with Crippen LogP contribution in [0.25, 0.3) is 0 Å². The van der Waals surface area contributed by atoms with Crippen LogP contribution in [0, 0.1) is 0 Å². The molecule has 2 N–H and O–H groups in total. The van der Waals surface area contributed by atoms with Crippen molar-refractivity contribution < 1.29 is 10.2 Å². The first-order valence-electron chi connectivity index (χ1n) is 7.98. The zero-order valence-electron chi connectivity index (χ0n) is 13.1. The highest BCUT2D eigenvalue weighted by Gasteiger charge is 2.26. The van der Waals surface area contributed by atoms with Crippen molar-refractivity contribution >= 4 is 0 Å². The van der Waals surface area contributed by atoms with Gasteiger partial charge in [-0.2, -0.15) is 0 Å². The minimum absolute atomic E-state index is 0.0680. The number of aliphatic hydroxyl groups excluding tert-OH is 1. The van der Waals surface area contributed by atoms with E-state index in [9.17, 15) is 15.0 Å². The summed E-state index contributed by atoms with van der Waals surface area (Å²) in [6.45, 7) is 1.88. The number of aromatic nitrogens is 1. The van der Waals surface area contributed by atoms with Crippen LogP contribution in [0.5, 0.6) is 5.75 Å². The van der Waals surface area contributed by atoms with E-state index in [-0.39, 0.29) is 17.8 Å². The standard InChI is InChI=1S/C18H22N2O3/c21-9-8-19(11-14-4-2-1-3-5-14)12-16-10-17(22)18(23)13-20(16)15-6-7-15/h1-5,10,13,15,21,23H,6-9,11-12H2. The molecule has 122 valence electrons. The van der Waals surface area contributed by atoms with Crippen LogP contribution in [0.2, 0.25) is 0 Å². The summed E-state index contributed by atoms with van der Waals surface area (Å²) in [5.74, 6) is -0.197. The quantitative estimate of drug-likeness (QED) is 0.819. The first-order chi connectivity index (χ1) is 11.2. The summed E-state index contributed by atoms with van der Waals surface area (Å²) in [6.07, 6.45) is 3.71. The molecule has 1 aromatic carbocycles. The maximum atomic E-state index is 11.8. The molecule has 1 aliphatic rings. The molecule has 1 aliphatic carbocycles. The Morgan fingerprint density at radius 1 is 1.17 bits per heavy atom. The van der Waals surface area contributed by atoms with Crippen molar-refractivity contribution in [2.75, 3.05) is 13.2 Å². The van der Waals surface area contributed by atoms with Crippen LogP contribution >= 0.6 is 0 Å². The van der Waals surface area contributed by atoms with E-state index >= 15 is 0 Å². The Bertz CT molecular complexity index is 708. The van der Waals surface area contributed by atoms with E-state index in [1.54, 1.807) is 6.20 Å². The predicted octanol–water partition coefficient (Wildman–Crippen LogP) is 1.88. The first kappa shape index (κ1) is 15.8. The van der Waals surface area contributed by atoms with Crippen molar-refractivity contribution in [2.45, 2.75) is 32.0 Å². The van der Waals surface area contributed by atoms with E-state index in [0.717, 1.165) is 18.5 Å². The zero-order valence-corrected chi connectivity index (χ0v) is 13.1. The fourth-order valence-corrected chi connectivity index (χ4v) is 2.82. The van der Waals surface area contributed by atoms with Gasteiger partial charge in [0, 0.05) is 37.4 Å². The summed E-state index contributed by atoms with van der Waals surface area (Å²) in [5, 5.41) is 19.0. The van der Waals surface area contributed by atoms with Gasteiger partial charge >= 0.3 is 0 Å². The SMILES string of the molecule is O=c1cc(CN(CCO)Cc2ccccc2)n(C2CC2)cc1O. The third kappa shape index (κ3) is 4.00. The lowest BCUT2D eigenvalue weighted by molar-refractivity contribution is 0.181. The molecule has 1 heterocycles. The van der Waals surface area contributed by atoms with Crippen molar-refractivity contribution in [3.63, 3.8) is 0 Å². The minimum Gasteiger partial charge on any atom is -0.503 e. The molecule has 0 atom stereocenters. The first-order valence-corrected chi connectivity index (χ1v) is 7.98. The van der Waals surface area contributed by atoms with Gasteiger partial charge in [-0.1, -0.05) is 30.3 Å². The van der Waals surface area contributed by atoms with Crippen molar-refractivity contribution in [1.82, 2.24) is 9.47 Å². The molecule has 5 nitrogen and oxygen atoms in total. The highest BCUT2D eigenvalue weighted by Crippen LogP contribution is 2.36. The Labute approximate surface area is 135 Å². The van der Waals surface area contributed by atoms with Crippen molar-refractivity contribution in [1.29, 1.82) is 0 Å². The molecule has 0 bridgehead atoms. The van der Waals surface area contributed by atoms with Crippen LogP contribution in [0.4, 0.5) is 0 Å². The maximum Gasteiger partial charge on any atom is 0.223 e. The van der Waals surface area contributed by atoms with Crippen LogP contribution in [0.1, 0.15) is 30.1 Å². The summed E-state index contributed by atoms with van der Waals surface area (Å²) < 4.78 is 2.01. The molecule has 1 saturated carbocycles. The number of nitrogens with zero attached hydrogens (tertiary/aromatic N) is 2. The van der Waals surface area contributed by atoms with Crippen LogP contribution in [-0.4, -0.2) is 32.8 Å². The van der Waals surface area contributed by atoms with Gasteiger partial charge in [-0.25, -0.2) is 0 Å². The molecule has 0 amide bonds. The third-order valence-corrected chi connectivity index (χ3v) is 4.13. The van der Waals surface area contributed by atoms with Gasteiger partial charge in [0.25, 0.3) is 0 Å². The Kier molecular flexibility index (Phi) is 4.79. The fourth-order valence-electron chi connectivity index (χ4n) is 2.82. The number of hydrogen-bond donors (Lipinski definition) is 2. The average molecular weight is 314 g/mol. The predicted molar refractivity (Wildman–Crippen MR) is 88.3 cm³/mol. The number of benzene rings is 1. The summed E-state index contributed by atoms with van der Waals surface area (Å²) in [5.41, 5.74) is 1.71. The van der Waals surface area contributed by atoms with Crippen LogP contribution < -0.4 is 5.43 Å². The molecule has 0 unspecified atom stereocenters. The highest BCUT2D eigenvalue weighted by atomic mass is 16.3. The monoisotopic (exact) mass is 314 g/mol. The van der Waals surface area contributed by atoms with Gasteiger partial charge in [-0.15, -0.1) is 0 Å². The normalized spacial score (nSPS) is 14.3. The van der Waals surface area contributed by atoms with Gasteiger partial charge in [-0.05, 0) is 18.4 Å². The Hall–Kier alpha value is -2.11. The molecular weight excluding hydrogens is 292 g/mol. The van der Waals surface area contributed by atoms with E-state index in [4.69, 9.17) is 0 Å². The van der Waals surface area contributed by atoms with E-state index < -0.39 is 0 Å². The number of aliphatic hydroxyl groups is 1. The average Bonchev–Trinajstić information content (AvgIpc) is 3.37. The number of pyridine rings is 1. The lowest BCUT2D eigenvalue weighted by Crippen LogP contribution is -2.28. The summed E-state index contributed by atoms with van der Waals surface area (Å²) in [7, 11) is 0. The van der Waals surface area contributed by atoms with Gasteiger partial charge in [0.05, 0.1) is 12.8 Å². The van der Waals surface area contributed by atoms with Crippen LogP contribution in [-0.2, 0) is 13.1 Å². The summed E-state index contributed by atoms with van der Waals surface area (Å²) >= 11 is 0. The molecule has 1 aromatic heterocycles. The third-order valence-electron chi connectivity index (χ3n) is 4.13. The molecule has 1 fully saturated rings. The Morgan fingerprint density at radius 2 is 1.91 bits per heavy atom. The molecule has 0 saturated heterocycles. The number of hydrogen-bond acceptors (Lipinski definition) is 4.